The van der Waals surface area contributed by atoms with Gasteiger partial charge in [0.25, 0.3) is 0 Å². The second-order valence-electron chi connectivity index (χ2n) is 13.6. The van der Waals surface area contributed by atoms with Gasteiger partial charge in [-0.05, 0) is 111 Å². The van der Waals surface area contributed by atoms with Crippen LogP contribution in [0.25, 0.3) is 0 Å². The van der Waals surface area contributed by atoms with Crippen molar-refractivity contribution in [2.24, 2.45) is 40.4 Å². The number of fused-ring (bicyclic) bond motifs is 3. The minimum absolute atomic E-state index is 0. The van der Waals surface area contributed by atoms with E-state index in [1.165, 1.54) is 61.7 Å². The third kappa shape index (κ3) is 8.32. The molecule has 1 unspecified atom stereocenters. The lowest BCUT2D eigenvalue weighted by Gasteiger charge is -2.59. The van der Waals surface area contributed by atoms with Crippen LogP contribution in [0.2, 0.25) is 0 Å². The third-order valence-electron chi connectivity index (χ3n) is 10.8. The van der Waals surface area contributed by atoms with Crippen LogP contribution in [0.15, 0.2) is 36.0 Å². The predicted molar refractivity (Wildman–Crippen MR) is 167 cm³/mol. The van der Waals surface area contributed by atoms with Gasteiger partial charge in [-0.2, -0.15) is 5.26 Å². The summed E-state index contributed by atoms with van der Waals surface area (Å²) in [5, 5.41) is 16.1. The van der Waals surface area contributed by atoms with Gasteiger partial charge in [-0.15, -0.1) is 0 Å². The monoisotopic (exact) mass is 562 g/mol. The lowest BCUT2D eigenvalue weighted by molar-refractivity contribution is -0.231. The molecule has 7 aliphatic carbocycles. The maximum atomic E-state index is 9.34. The molecule has 7 fully saturated rings. The van der Waals surface area contributed by atoms with Gasteiger partial charge >= 0.3 is 5.97 Å². The molecule has 5 nitrogen and oxygen atoms in total. The first-order valence-corrected chi connectivity index (χ1v) is 15.4. The number of rotatable bonds is 2. The zero-order chi connectivity index (χ0) is 29.6. The molecule has 40 heavy (non-hydrogen) atoms. The Labute approximate surface area is 246 Å². The maximum absolute atomic E-state index is 9.34. The first-order valence-electron chi connectivity index (χ1n) is 15.4. The van der Waals surface area contributed by atoms with Crippen LogP contribution in [-0.2, 0) is 14.4 Å². The first kappa shape index (κ1) is 36.6. The number of aliphatic hydroxyl groups is 1. The molecule has 1 heterocycles. The highest BCUT2D eigenvalue weighted by atomic mass is 17.1. The maximum Gasteiger partial charge on any atom is 0.339 e. The molecule has 1 saturated heterocycles. The van der Waals surface area contributed by atoms with E-state index in [1.54, 1.807) is 0 Å². The summed E-state index contributed by atoms with van der Waals surface area (Å²) >= 11 is 0. The van der Waals surface area contributed by atoms with Gasteiger partial charge in [-0.25, -0.2) is 4.79 Å². The number of aliphatic hydroxyl groups excluding tert-OH is 1. The van der Waals surface area contributed by atoms with E-state index in [2.05, 4.69) is 58.7 Å². The van der Waals surface area contributed by atoms with Crippen LogP contribution >= 0.6 is 0 Å². The number of hydrogen-bond donors (Lipinski definition) is 2. The van der Waals surface area contributed by atoms with Crippen molar-refractivity contribution in [2.45, 2.75) is 126 Å². The molecule has 0 amide bonds. The summed E-state index contributed by atoms with van der Waals surface area (Å²) in [4.78, 5) is 12.5. The fourth-order valence-corrected chi connectivity index (χ4v) is 7.64. The number of hydrogen-bond acceptors (Lipinski definition) is 5. The molecule has 0 radical (unpaired) electrons. The quantitative estimate of drug-likeness (QED) is 0.152. The van der Waals surface area contributed by atoms with E-state index in [0.717, 1.165) is 50.0 Å². The average molecular weight is 563 g/mol. The van der Waals surface area contributed by atoms with E-state index in [1.807, 2.05) is 13.8 Å². The molecule has 8 aliphatic rings. The van der Waals surface area contributed by atoms with E-state index in [4.69, 9.17) is 15.1 Å². The molecule has 8 rings (SSSR count). The third-order valence-corrected chi connectivity index (χ3v) is 10.8. The minimum atomic E-state index is -0.690. The van der Waals surface area contributed by atoms with E-state index in [-0.39, 0.29) is 14.0 Å². The van der Waals surface area contributed by atoms with Crippen LogP contribution in [0.1, 0.15) is 121 Å². The Morgan fingerprint density at radius 1 is 1.05 bits per heavy atom. The largest absolute Gasteiger partial charge is 0.392 e. The lowest BCUT2D eigenvalue weighted by Crippen LogP contribution is -2.56. The summed E-state index contributed by atoms with van der Waals surface area (Å²) < 4.78 is 5.62. The van der Waals surface area contributed by atoms with E-state index >= 15 is 0 Å². The summed E-state index contributed by atoms with van der Waals surface area (Å²) in [7, 11) is 0. The summed E-state index contributed by atoms with van der Waals surface area (Å²) in [5.41, 5.74) is 5.59. The van der Waals surface area contributed by atoms with Crippen molar-refractivity contribution in [1.29, 1.82) is 0 Å². The molecule has 0 aromatic heterocycles. The van der Waals surface area contributed by atoms with Crippen LogP contribution in [0.5, 0.6) is 0 Å². The Morgan fingerprint density at radius 2 is 1.62 bits per heavy atom. The number of carbonyl (C=O) groups excluding carboxylic acids is 1. The SMILES string of the molecule is C.C=C(C)[C@@H]1CC=C(CO)CC1.C=C1CC[C@H]2C[C@@H]1C2(C)C.CC.CC(=O)OO.CC1(C)[C@H]2CCC3(CO3)[C@@H]1C2. The molecular weight excluding hydrogens is 500 g/mol. The topological polar surface area (TPSA) is 79.3 Å². The Bertz CT molecular complexity index is 872. The van der Waals surface area contributed by atoms with Crippen LogP contribution < -0.4 is 0 Å². The van der Waals surface area contributed by atoms with E-state index in [9.17, 15) is 4.79 Å². The van der Waals surface area contributed by atoms with Gasteiger partial charge in [0.15, 0.2) is 0 Å². The number of allylic oxidation sites excluding steroid dienone is 3. The number of carbonyl (C=O) groups is 1. The molecule has 1 aliphatic heterocycles. The highest BCUT2D eigenvalue weighted by Crippen LogP contribution is 2.67. The number of ether oxygens (including phenoxy) is 1. The van der Waals surface area contributed by atoms with Crippen molar-refractivity contribution in [3.05, 3.63) is 36.0 Å². The Kier molecular flexibility index (Phi) is 13.9. The lowest BCUT2D eigenvalue weighted by atomic mass is 9.45. The van der Waals surface area contributed by atoms with Crippen molar-refractivity contribution in [3.8, 4) is 0 Å². The molecule has 6 saturated carbocycles. The second kappa shape index (κ2) is 15.2. The van der Waals surface area contributed by atoms with E-state index < -0.39 is 5.97 Å². The first-order chi connectivity index (χ1) is 18.3. The fourth-order valence-electron chi connectivity index (χ4n) is 7.64. The molecule has 6 atom stereocenters. The van der Waals surface area contributed by atoms with Gasteiger partial charge in [0.1, 0.15) is 0 Å². The Hall–Kier alpha value is -1.43. The normalized spacial score (nSPS) is 34.2. The van der Waals surface area contributed by atoms with Crippen LogP contribution in [0.4, 0.5) is 0 Å². The highest BCUT2D eigenvalue weighted by molar-refractivity contribution is 5.64. The molecule has 2 N–H and O–H groups in total. The molecular formula is C35H62O5. The van der Waals surface area contributed by atoms with Gasteiger partial charge in [0, 0.05) is 6.92 Å². The molecule has 232 valence electrons. The van der Waals surface area contributed by atoms with Crippen molar-refractivity contribution in [1.82, 2.24) is 0 Å². The van der Waals surface area contributed by atoms with Crippen molar-refractivity contribution in [2.75, 3.05) is 13.2 Å². The van der Waals surface area contributed by atoms with Gasteiger partial charge in [-0.3, -0.25) is 0 Å². The van der Waals surface area contributed by atoms with E-state index in [0.29, 0.717) is 22.3 Å². The van der Waals surface area contributed by atoms with Crippen LogP contribution in [0, 0.1) is 40.4 Å². The van der Waals surface area contributed by atoms with Crippen molar-refractivity contribution >= 4 is 5.97 Å². The Morgan fingerprint density at radius 3 is 1.90 bits per heavy atom. The molecule has 5 heteroatoms. The predicted octanol–water partition coefficient (Wildman–Crippen LogP) is 9.18. The van der Waals surface area contributed by atoms with Crippen LogP contribution in [0.3, 0.4) is 0 Å². The van der Waals surface area contributed by atoms with Gasteiger partial charge in [0.05, 0.1) is 18.8 Å². The summed E-state index contributed by atoms with van der Waals surface area (Å²) in [6, 6.07) is 0. The van der Waals surface area contributed by atoms with Crippen molar-refractivity contribution in [3.63, 3.8) is 0 Å². The van der Waals surface area contributed by atoms with Gasteiger partial charge in [-0.1, -0.05) is 79.3 Å². The average Bonchev–Trinajstić information content (AvgIpc) is 3.68. The zero-order valence-electron chi connectivity index (χ0n) is 26.3. The molecule has 0 aromatic rings. The molecule has 0 aromatic carbocycles. The highest BCUT2D eigenvalue weighted by Gasteiger charge is 2.67. The number of epoxide rings is 1. The second-order valence-corrected chi connectivity index (χ2v) is 13.6. The van der Waals surface area contributed by atoms with Gasteiger partial charge in [0.2, 0.25) is 0 Å². The summed E-state index contributed by atoms with van der Waals surface area (Å²) in [5.74, 6) is 3.76. The molecule has 4 bridgehead atoms. The summed E-state index contributed by atoms with van der Waals surface area (Å²) in [6.07, 6.45) is 13.8. The minimum Gasteiger partial charge on any atom is -0.392 e. The van der Waals surface area contributed by atoms with Crippen LogP contribution in [-0.4, -0.2) is 35.1 Å². The van der Waals surface area contributed by atoms with Crippen molar-refractivity contribution < 1.29 is 24.8 Å². The standard InChI is InChI=1S/2C10H16O.C10H16.C2H4O3.C2H6.CH4/c1-9(2)7-3-4-10(6-11-10)8(9)5-7;1-8(2)10-5-3-9(7-11)4-6-10;1-7-4-5-8-6-9(7)10(8,2)3;1-2(3)5-4;1-2;/h7-8H,3-6H2,1-2H3;3,10-11H,1,4-7H2,2H3;8-9H,1,4-6H2,2-3H3;4H,1H3;1-2H3;1H4/t7-,8+,10?;10-;8-,9-;;;/m010.../s1. The van der Waals surface area contributed by atoms with Gasteiger partial charge < -0.3 is 14.7 Å². The zero-order valence-corrected chi connectivity index (χ0v) is 26.3. The Balaban J connectivity index is 0.000000267. The smallest absolute Gasteiger partial charge is 0.339 e. The fraction of sp³-hybridized carbons (Fsp3) is 0.800. The molecule has 1 spiro atoms. The summed E-state index contributed by atoms with van der Waals surface area (Å²) in [6.45, 7) is 26.2.